The molecule has 17 heavy (non-hydrogen) atoms. The minimum Gasteiger partial charge on any atom is -0.494 e. The van der Waals surface area contributed by atoms with Crippen LogP contribution < -0.4 is 10.1 Å². The summed E-state index contributed by atoms with van der Waals surface area (Å²) in [5.74, 6) is 0.978. The summed E-state index contributed by atoms with van der Waals surface area (Å²) in [6.07, 6.45) is 5.27. The van der Waals surface area contributed by atoms with Gasteiger partial charge in [0.2, 0.25) is 0 Å². The molecule has 0 heterocycles. The van der Waals surface area contributed by atoms with E-state index in [4.69, 9.17) is 4.74 Å². The lowest BCUT2D eigenvalue weighted by atomic mass is 9.75. The van der Waals surface area contributed by atoms with Crippen molar-refractivity contribution in [2.24, 2.45) is 0 Å². The van der Waals surface area contributed by atoms with Gasteiger partial charge in [-0.25, -0.2) is 0 Å². The van der Waals surface area contributed by atoms with Gasteiger partial charge in [-0.1, -0.05) is 19.1 Å². The van der Waals surface area contributed by atoms with Crippen molar-refractivity contribution >= 4 is 0 Å². The lowest BCUT2D eigenvalue weighted by Crippen LogP contribution is -2.49. The average molecular weight is 233 g/mol. The van der Waals surface area contributed by atoms with Crippen molar-refractivity contribution in [1.29, 1.82) is 0 Å². The van der Waals surface area contributed by atoms with E-state index in [1.165, 1.54) is 31.2 Å². The molecule has 1 fully saturated rings. The molecule has 1 aromatic rings. The van der Waals surface area contributed by atoms with Crippen LogP contribution in [-0.2, 0) is 6.54 Å². The number of hydrogen-bond acceptors (Lipinski definition) is 2. The molecular weight excluding hydrogens is 210 g/mol. The van der Waals surface area contributed by atoms with Gasteiger partial charge in [-0.2, -0.15) is 0 Å². The number of ether oxygens (including phenoxy) is 1. The molecule has 1 aromatic carbocycles. The predicted molar refractivity (Wildman–Crippen MR) is 71.3 cm³/mol. The van der Waals surface area contributed by atoms with Gasteiger partial charge in [0.25, 0.3) is 0 Å². The molecule has 0 amide bonds. The molecule has 0 aliphatic heterocycles. The van der Waals surface area contributed by atoms with Gasteiger partial charge in [-0.3, -0.25) is 0 Å². The SMILES string of the molecule is CCOc1cccc(CNC2(CC)CCC2)c1. The molecule has 2 nitrogen and oxygen atoms in total. The van der Waals surface area contributed by atoms with Gasteiger partial charge in [0.1, 0.15) is 5.75 Å². The maximum Gasteiger partial charge on any atom is 0.119 e. The van der Waals surface area contributed by atoms with E-state index < -0.39 is 0 Å². The van der Waals surface area contributed by atoms with Crippen LogP contribution in [-0.4, -0.2) is 12.1 Å². The van der Waals surface area contributed by atoms with Crippen molar-refractivity contribution < 1.29 is 4.74 Å². The summed E-state index contributed by atoms with van der Waals surface area (Å²) in [6, 6.07) is 8.39. The highest BCUT2D eigenvalue weighted by molar-refractivity contribution is 5.28. The fourth-order valence-electron chi connectivity index (χ4n) is 2.46. The molecule has 0 saturated heterocycles. The quantitative estimate of drug-likeness (QED) is 0.812. The number of nitrogens with one attached hydrogen (secondary N) is 1. The lowest BCUT2D eigenvalue weighted by molar-refractivity contribution is 0.175. The topological polar surface area (TPSA) is 21.3 Å². The van der Waals surface area contributed by atoms with Crippen LogP contribution in [0.4, 0.5) is 0 Å². The summed E-state index contributed by atoms with van der Waals surface area (Å²) in [5.41, 5.74) is 1.73. The van der Waals surface area contributed by atoms with Crippen LogP contribution in [0.5, 0.6) is 5.75 Å². The molecule has 1 saturated carbocycles. The predicted octanol–water partition coefficient (Wildman–Crippen LogP) is 3.51. The minimum absolute atomic E-state index is 0.418. The second kappa shape index (κ2) is 5.54. The molecule has 1 N–H and O–H groups in total. The van der Waals surface area contributed by atoms with Crippen LogP contribution in [0.1, 0.15) is 45.1 Å². The summed E-state index contributed by atoms with van der Waals surface area (Å²) in [5, 5.41) is 3.71. The van der Waals surface area contributed by atoms with Gasteiger partial charge in [-0.15, -0.1) is 0 Å². The van der Waals surface area contributed by atoms with E-state index in [-0.39, 0.29) is 0 Å². The Bertz CT molecular complexity index is 352. The number of hydrogen-bond donors (Lipinski definition) is 1. The van der Waals surface area contributed by atoms with E-state index in [9.17, 15) is 0 Å². The van der Waals surface area contributed by atoms with Crippen LogP contribution in [0.2, 0.25) is 0 Å². The first-order valence-corrected chi connectivity index (χ1v) is 6.75. The van der Waals surface area contributed by atoms with E-state index in [1.807, 2.05) is 13.0 Å². The summed E-state index contributed by atoms with van der Waals surface area (Å²) >= 11 is 0. The fraction of sp³-hybridized carbons (Fsp3) is 0.600. The summed E-state index contributed by atoms with van der Waals surface area (Å²) in [7, 11) is 0. The minimum atomic E-state index is 0.418. The third-order valence-electron chi connectivity index (χ3n) is 3.86. The van der Waals surface area contributed by atoms with Crippen LogP contribution in [0.25, 0.3) is 0 Å². The van der Waals surface area contributed by atoms with Crippen molar-refractivity contribution in [3.63, 3.8) is 0 Å². The molecule has 1 aliphatic carbocycles. The molecular formula is C15H23NO. The van der Waals surface area contributed by atoms with E-state index in [0.717, 1.165) is 18.9 Å². The maximum absolute atomic E-state index is 5.52. The fourth-order valence-corrected chi connectivity index (χ4v) is 2.46. The Hall–Kier alpha value is -1.02. The first kappa shape index (κ1) is 12.4. The molecule has 0 spiro atoms. The average Bonchev–Trinajstić information content (AvgIpc) is 2.29. The van der Waals surface area contributed by atoms with Crippen molar-refractivity contribution in [2.75, 3.05) is 6.61 Å². The molecule has 1 aliphatic rings. The Morgan fingerprint density at radius 2 is 2.12 bits per heavy atom. The second-order valence-corrected chi connectivity index (χ2v) is 4.92. The molecule has 0 atom stereocenters. The van der Waals surface area contributed by atoms with Crippen LogP contribution in [0, 0.1) is 0 Å². The molecule has 0 radical (unpaired) electrons. The third kappa shape index (κ3) is 3.01. The van der Waals surface area contributed by atoms with Gasteiger partial charge < -0.3 is 10.1 Å². The zero-order valence-electron chi connectivity index (χ0n) is 11.0. The highest BCUT2D eigenvalue weighted by Crippen LogP contribution is 2.34. The second-order valence-electron chi connectivity index (χ2n) is 4.92. The molecule has 0 aromatic heterocycles. The smallest absolute Gasteiger partial charge is 0.119 e. The van der Waals surface area contributed by atoms with Crippen LogP contribution >= 0.6 is 0 Å². The maximum atomic E-state index is 5.52. The first-order valence-electron chi connectivity index (χ1n) is 6.75. The summed E-state index contributed by atoms with van der Waals surface area (Å²) < 4.78 is 5.52. The number of benzene rings is 1. The molecule has 0 bridgehead atoms. The third-order valence-corrected chi connectivity index (χ3v) is 3.86. The standard InChI is InChI=1S/C15H23NO/c1-3-15(9-6-10-15)16-12-13-7-5-8-14(11-13)17-4-2/h5,7-8,11,16H,3-4,6,9-10,12H2,1-2H3. The van der Waals surface area contributed by atoms with Crippen molar-refractivity contribution in [3.8, 4) is 5.75 Å². The summed E-state index contributed by atoms with van der Waals surface area (Å²) in [4.78, 5) is 0. The van der Waals surface area contributed by atoms with Gasteiger partial charge in [0, 0.05) is 12.1 Å². The van der Waals surface area contributed by atoms with Gasteiger partial charge >= 0.3 is 0 Å². The van der Waals surface area contributed by atoms with Gasteiger partial charge in [0.05, 0.1) is 6.61 Å². The van der Waals surface area contributed by atoms with E-state index in [1.54, 1.807) is 0 Å². The van der Waals surface area contributed by atoms with Gasteiger partial charge in [-0.05, 0) is 50.3 Å². The Kier molecular flexibility index (Phi) is 4.06. The van der Waals surface area contributed by atoms with Crippen molar-refractivity contribution in [2.45, 2.75) is 51.6 Å². The Labute approximate surface area is 104 Å². The van der Waals surface area contributed by atoms with E-state index >= 15 is 0 Å². The van der Waals surface area contributed by atoms with Crippen molar-refractivity contribution in [1.82, 2.24) is 5.32 Å². The molecule has 2 heteroatoms. The monoisotopic (exact) mass is 233 g/mol. The van der Waals surface area contributed by atoms with Crippen LogP contribution in [0.15, 0.2) is 24.3 Å². The lowest BCUT2D eigenvalue weighted by Gasteiger charge is -2.42. The van der Waals surface area contributed by atoms with E-state index in [2.05, 4.69) is 30.4 Å². The molecule has 2 rings (SSSR count). The zero-order chi connectivity index (χ0) is 12.1. The van der Waals surface area contributed by atoms with Crippen LogP contribution in [0.3, 0.4) is 0 Å². The van der Waals surface area contributed by atoms with Crippen molar-refractivity contribution in [3.05, 3.63) is 29.8 Å². The Balaban J connectivity index is 1.92. The van der Waals surface area contributed by atoms with E-state index in [0.29, 0.717) is 5.54 Å². The highest BCUT2D eigenvalue weighted by atomic mass is 16.5. The number of rotatable bonds is 6. The normalized spacial score (nSPS) is 17.5. The molecule has 94 valence electrons. The first-order chi connectivity index (χ1) is 8.28. The zero-order valence-corrected chi connectivity index (χ0v) is 11.0. The summed E-state index contributed by atoms with van der Waals surface area (Å²) in [6.45, 7) is 5.98. The largest absolute Gasteiger partial charge is 0.494 e. The molecule has 0 unspecified atom stereocenters. The highest BCUT2D eigenvalue weighted by Gasteiger charge is 2.34. The Morgan fingerprint density at radius 1 is 1.29 bits per heavy atom. The Morgan fingerprint density at radius 3 is 2.71 bits per heavy atom. The van der Waals surface area contributed by atoms with Gasteiger partial charge in [0.15, 0.2) is 0 Å².